The molecule has 1 N–H and O–H groups in total. The lowest BCUT2D eigenvalue weighted by Gasteiger charge is -2.17. The zero-order valence-corrected chi connectivity index (χ0v) is 16.2. The highest BCUT2D eigenvalue weighted by Gasteiger charge is 2.30. The molecule has 1 aromatic heterocycles. The van der Waals surface area contributed by atoms with Crippen LogP contribution in [0.4, 0.5) is 0 Å². The van der Waals surface area contributed by atoms with Gasteiger partial charge in [0, 0.05) is 31.6 Å². The van der Waals surface area contributed by atoms with Gasteiger partial charge in [0.25, 0.3) is 5.91 Å². The number of hydrogen-bond donors (Lipinski definition) is 1. The fourth-order valence-electron chi connectivity index (χ4n) is 2.85. The second kappa shape index (κ2) is 7.37. The number of likely N-dealkylation sites (tertiary alicyclic amines) is 1. The molecule has 2 aromatic rings. The fourth-order valence-corrected chi connectivity index (χ4v) is 4.74. The van der Waals surface area contributed by atoms with Crippen molar-refractivity contribution in [3.05, 3.63) is 54.4 Å². The monoisotopic (exact) mass is 409 g/mol. The molecule has 1 saturated heterocycles. The van der Waals surface area contributed by atoms with Gasteiger partial charge in [-0.1, -0.05) is 6.07 Å². The van der Waals surface area contributed by atoms with Crippen LogP contribution in [0.3, 0.4) is 0 Å². The van der Waals surface area contributed by atoms with Crippen molar-refractivity contribution in [1.29, 1.82) is 0 Å². The fraction of sp³-hybridized carbons (Fsp3) is 0.294. The van der Waals surface area contributed by atoms with Crippen LogP contribution in [0.15, 0.2) is 58.5 Å². The van der Waals surface area contributed by atoms with E-state index >= 15 is 0 Å². The molecule has 0 bridgehead atoms. The van der Waals surface area contributed by atoms with Crippen LogP contribution in [0.25, 0.3) is 0 Å². The van der Waals surface area contributed by atoms with Gasteiger partial charge in [-0.2, -0.15) is 0 Å². The van der Waals surface area contributed by atoms with Gasteiger partial charge in [0.1, 0.15) is 5.69 Å². The number of hydrogen-bond acceptors (Lipinski definition) is 6. The molecule has 1 fully saturated rings. The maximum absolute atomic E-state index is 12.5. The SMILES string of the molecule is CS(=O)(=O)c1ccc(S(=O)(=O)N[C@@H]2CCN(C(=O)c3ccccn3)C2)cc1. The van der Waals surface area contributed by atoms with Gasteiger partial charge in [-0.05, 0) is 42.8 Å². The van der Waals surface area contributed by atoms with Crippen LogP contribution in [0.2, 0.25) is 0 Å². The first-order valence-corrected chi connectivity index (χ1v) is 11.6. The largest absolute Gasteiger partial charge is 0.336 e. The average molecular weight is 409 g/mol. The Bertz CT molecular complexity index is 1040. The van der Waals surface area contributed by atoms with E-state index < -0.39 is 25.9 Å². The standard InChI is InChI=1S/C17H19N3O5S2/c1-26(22,23)14-5-7-15(8-6-14)27(24,25)19-13-9-11-20(12-13)17(21)16-4-2-3-10-18-16/h2-8,10,13,19H,9,11-12H2,1H3/t13-/m1/s1. The minimum atomic E-state index is -3.82. The molecule has 1 aromatic carbocycles. The Morgan fingerprint density at radius 1 is 1.07 bits per heavy atom. The van der Waals surface area contributed by atoms with Gasteiger partial charge in [0.05, 0.1) is 9.79 Å². The van der Waals surface area contributed by atoms with Crippen molar-refractivity contribution < 1.29 is 21.6 Å². The van der Waals surface area contributed by atoms with Gasteiger partial charge >= 0.3 is 0 Å². The third-order valence-electron chi connectivity index (χ3n) is 4.24. The van der Waals surface area contributed by atoms with E-state index in [-0.39, 0.29) is 22.2 Å². The number of sulfonamides is 1. The predicted octanol–water partition coefficient (Wildman–Crippen LogP) is 0.678. The molecular formula is C17H19N3O5S2. The zero-order valence-electron chi connectivity index (χ0n) is 14.6. The van der Waals surface area contributed by atoms with E-state index in [2.05, 4.69) is 9.71 Å². The van der Waals surface area contributed by atoms with Crippen molar-refractivity contribution in [2.75, 3.05) is 19.3 Å². The minimum absolute atomic E-state index is 0.0237. The molecule has 2 heterocycles. The number of rotatable bonds is 5. The summed E-state index contributed by atoms with van der Waals surface area (Å²) in [7, 11) is -7.21. The predicted molar refractivity (Wildman–Crippen MR) is 98.4 cm³/mol. The van der Waals surface area contributed by atoms with E-state index in [4.69, 9.17) is 0 Å². The molecular weight excluding hydrogens is 390 g/mol. The van der Waals surface area contributed by atoms with Crippen LogP contribution < -0.4 is 4.72 Å². The summed E-state index contributed by atoms with van der Waals surface area (Å²) in [4.78, 5) is 18.0. The molecule has 0 saturated carbocycles. The topological polar surface area (TPSA) is 114 Å². The molecule has 1 aliphatic heterocycles. The first-order chi connectivity index (χ1) is 12.7. The first kappa shape index (κ1) is 19.5. The highest BCUT2D eigenvalue weighted by molar-refractivity contribution is 7.90. The Hall–Kier alpha value is -2.30. The number of aromatic nitrogens is 1. The van der Waals surface area contributed by atoms with Crippen molar-refractivity contribution in [2.24, 2.45) is 0 Å². The molecule has 1 aliphatic rings. The van der Waals surface area contributed by atoms with Crippen LogP contribution in [-0.2, 0) is 19.9 Å². The van der Waals surface area contributed by atoms with Gasteiger partial charge in [-0.25, -0.2) is 21.6 Å². The Balaban J connectivity index is 1.67. The van der Waals surface area contributed by atoms with E-state index in [1.807, 2.05) is 0 Å². The molecule has 0 unspecified atom stereocenters. The molecule has 10 heteroatoms. The Kier molecular flexibility index (Phi) is 5.31. The van der Waals surface area contributed by atoms with E-state index in [1.165, 1.54) is 30.5 Å². The molecule has 1 amide bonds. The van der Waals surface area contributed by atoms with E-state index in [0.717, 1.165) is 6.26 Å². The van der Waals surface area contributed by atoms with Crippen LogP contribution >= 0.6 is 0 Å². The Labute approximate surface area is 158 Å². The molecule has 3 rings (SSSR count). The van der Waals surface area contributed by atoms with Crippen molar-refractivity contribution >= 4 is 25.8 Å². The molecule has 1 atom stereocenters. The molecule has 0 spiro atoms. The number of carbonyl (C=O) groups is 1. The van der Waals surface area contributed by atoms with Crippen LogP contribution in [0.1, 0.15) is 16.9 Å². The van der Waals surface area contributed by atoms with Gasteiger partial charge in [0.15, 0.2) is 9.84 Å². The Morgan fingerprint density at radius 2 is 1.74 bits per heavy atom. The van der Waals surface area contributed by atoms with E-state index in [1.54, 1.807) is 23.1 Å². The van der Waals surface area contributed by atoms with Crippen molar-refractivity contribution in [3.63, 3.8) is 0 Å². The highest BCUT2D eigenvalue weighted by Crippen LogP contribution is 2.18. The van der Waals surface area contributed by atoms with Crippen molar-refractivity contribution in [3.8, 4) is 0 Å². The maximum atomic E-state index is 12.5. The molecule has 8 nitrogen and oxygen atoms in total. The number of carbonyl (C=O) groups excluding carboxylic acids is 1. The summed E-state index contributed by atoms with van der Waals surface area (Å²) < 4.78 is 50.6. The number of nitrogens with one attached hydrogen (secondary N) is 1. The van der Waals surface area contributed by atoms with Gasteiger partial charge < -0.3 is 4.90 Å². The second-order valence-electron chi connectivity index (χ2n) is 6.32. The summed E-state index contributed by atoms with van der Waals surface area (Å²) in [6.45, 7) is 0.672. The Morgan fingerprint density at radius 3 is 2.33 bits per heavy atom. The van der Waals surface area contributed by atoms with Gasteiger partial charge in [0.2, 0.25) is 10.0 Å². The summed E-state index contributed by atoms with van der Waals surface area (Å²) in [5.41, 5.74) is 0.317. The van der Waals surface area contributed by atoms with Crippen LogP contribution in [-0.4, -0.2) is 58.0 Å². The summed E-state index contributed by atoms with van der Waals surface area (Å²) in [6, 6.07) is 9.66. The first-order valence-electron chi connectivity index (χ1n) is 8.19. The molecule has 0 radical (unpaired) electrons. The lowest BCUT2D eigenvalue weighted by Crippen LogP contribution is -2.38. The zero-order chi connectivity index (χ0) is 19.7. The molecule has 0 aliphatic carbocycles. The molecule has 144 valence electrons. The number of sulfone groups is 1. The smallest absolute Gasteiger partial charge is 0.272 e. The van der Waals surface area contributed by atoms with E-state index in [0.29, 0.717) is 18.7 Å². The van der Waals surface area contributed by atoms with Crippen molar-refractivity contribution in [1.82, 2.24) is 14.6 Å². The normalized spacial score (nSPS) is 17.8. The second-order valence-corrected chi connectivity index (χ2v) is 10.0. The highest BCUT2D eigenvalue weighted by atomic mass is 32.2. The summed E-state index contributed by atoms with van der Waals surface area (Å²) in [5, 5.41) is 0. The summed E-state index contributed by atoms with van der Waals surface area (Å²) >= 11 is 0. The van der Waals surface area contributed by atoms with Crippen molar-refractivity contribution in [2.45, 2.75) is 22.3 Å². The number of benzene rings is 1. The molecule has 27 heavy (non-hydrogen) atoms. The third-order valence-corrected chi connectivity index (χ3v) is 6.91. The lowest BCUT2D eigenvalue weighted by atomic mass is 10.3. The van der Waals surface area contributed by atoms with Gasteiger partial charge in [-0.3, -0.25) is 9.78 Å². The van der Waals surface area contributed by atoms with E-state index in [9.17, 15) is 21.6 Å². The maximum Gasteiger partial charge on any atom is 0.272 e. The third kappa shape index (κ3) is 4.52. The van der Waals surface area contributed by atoms with Crippen LogP contribution in [0.5, 0.6) is 0 Å². The summed E-state index contributed by atoms with van der Waals surface area (Å²) in [6.07, 6.45) is 3.07. The van der Waals surface area contributed by atoms with Gasteiger partial charge in [-0.15, -0.1) is 0 Å². The number of nitrogens with zero attached hydrogens (tertiary/aromatic N) is 2. The number of pyridine rings is 1. The minimum Gasteiger partial charge on any atom is -0.336 e. The average Bonchev–Trinajstić information content (AvgIpc) is 3.09. The van der Waals surface area contributed by atoms with Crippen LogP contribution in [0, 0.1) is 0 Å². The number of amides is 1. The lowest BCUT2D eigenvalue weighted by molar-refractivity contribution is 0.0784. The quantitative estimate of drug-likeness (QED) is 0.777. The summed E-state index contributed by atoms with van der Waals surface area (Å²) in [5.74, 6) is -0.241.